The molecule has 1 aliphatic rings. The number of benzene rings is 1. The van der Waals surface area contributed by atoms with Gasteiger partial charge in [0.05, 0.1) is 30.0 Å². The van der Waals surface area contributed by atoms with Crippen molar-refractivity contribution >= 4 is 39.8 Å². The molecule has 0 aliphatic carbocycles. The number of nitrogens with one attached hydrogen (secondary N) is 1. The largest absolute Gasteiger partial charge is 0.384 e. The third kappa shape index (κ3) is 4.79. The van der Waals surface area contributed by atoms with E-state index in [1.807, 2.05) is 6.92 Å². The van der Waals surface area contributed by atoms with Crippen LogP contribution in [0.25, 0.3) is 0 Å². The van der Waals surface area contributed by atoms with Crippen molar-refractivity contribution < 1.29 is 17.9 Å². The Kier molecular flexibility index (Phi) is 7.36. The second kappa shape index (κ2) is 9.33. The van der Waals surface area contributed by atoms with Gasteiger partial charge in [-0.25, -0.2) is 13.4 Å². The van der Waals surface area contributed by atoms with Gasteiger partial charge < -0.3 is 15.8 Å². The Morgan fingerprint density at radius 1 is 1.25 bits per heavy atom. The van der Waals surface area contributed by atoms with E-state index in [0.29, 0.717) is 49.8 Å². The lowest BCUT2D eigenvalue weighted by molar-refractivity contribution is 0.0730. The molecule has 28 heavy (non-hydrogen) atoms. The molecule has 1 aromatic carbocycles. The Morgan fingerprint density at radius 3 is 2.57 bits per heavy atom. The molecule has 3 rings (SSSR count). The van der Waals surface area contributed by atoms with E-state index in [4.69, 9.17) is 10.5 Å². The number of nitrogen functional groups attached to an aromatic ring is 1. The van der Waals surface area contributed by atoms with Crippen molar-refractivity contribution in [2.45, 2.75) is 18.2 Å². The standard InChI is InChI=1S/C18H22N4O4S.ClH/c1-2-13-3-4-14(18(23)21-15-5-6-17(19)20-12-15)11-16(13)27(24,25)22-7-9-26-10-8-22;/h3-6,11-12H,2,7-10H2,1H3,(H2,19,20)(H,21,23);1H. The smallest absolute Gasteiger partial charge is 0.255 e. The van der Waals surface area contributed by atoms with Gasteiger partial charge >= 0.3 is 0 Å². The lowest BCUT2D eigenvalue weighted by atomic mass is 10.1. The Hall–Kier alpha value is -2.20. The molecule has 0 unspecified atom stereocenters. The van der Waals surface area contributed by atoms with Crippen LogP contribution in [0.4, 0.5) is 11.5 Å². The first-order valence-corrected chi connectivity index (χ1v) is 10.1. The predicted octanol–water partition coefficient (Wildman–Crippen LogP) is 1.92. The van der Waals surface area contributed by atoms with E-state index < -0.39 is 15.9 Å². The predicted molar refractivity (Wildman–Crippen MR) is 109 cm³/mol. The highest BCUT2D eigenvalue weighted by atomic mass is 35.5. The molecule has 0 spiro atoms. The summed E-state index contributed by atoms with van der Waals surface area (Å²) in [5.41, 5.74) is 6.95. The van der Waals surface area contributed by atoms with Crippen molar-refractivity contribution in [3.05, 3.63) is 47.7 Å². The average molecular weight is 427 g/mol. The number of anilines is 2. The highest BCUT2D eigenvalue weighted by Crippen LogP contribution is 2.24. The first kappa shape index (κ1) is 22.1. The number of carbonyl (C=O) groups excluding carboxylic acids is 1. The maximum atomic E-state index is 13.1. The number of carbonyl (C=O) groups is 1. The SMILES string of the molecule is CCc1ccc(C(=O)Nc2ccc(N)nc2)cc1S(=O)(=O)N1CCOCC1.Cl. The second-order valence-electron chi connectivity index (χ2n) is 6.12. The lowest BCUT2D eigenvalue weighted by Gasteiger charge is -2.27. The maximum Gasteiger partial charge on any atom is 0.255 e. The number of aryl methyl sites for hydroxylation is 1. The fourth-order valence-electron chi connectivity index (χ4n) is 2.84. The Morgan fingerprint density at radius 2 is 1.96 bits per heavy atom. The number of nitrogens with zero attached hydrogens (tertiary/aromatic N) is 2. The van der Waals surface area contributed by atoms with Crippen LogP contribution < -0.4 is 11.1 Å². The van der Waals surface area contributed by atoms with Gasteiger partial charge in [-0.3, -0.25) is 4.79 Å². The molecule has 1 fully saturated rings. The van der Waals surface area contributed by atoms with Crippen LogP contribution in [0.15, 0.2) is 41.4 Å². The molecule has 8 nitrogen and oxygen atoms in total. The first-order valence-electron chi connectivity index (χ1n) is 8.65. The van der Waals surface area contributed by atoms with Crippen molar-refractivity contribution in [1.29, 1.82) is 0 Å². The summed E-state index contributed by atoms with van der Waals surface area (Å²) < 4.78 is 32.7. The van der Waals surface area contributed by atoms with Crippen LogP contribution in [0.3, 0.4) is 0 Å². The van der Waals surface area contributed by atoms with Gasteiger partial charge in [-0.2, -0.15) is 4.31 Å². The minimum absolute atomic E-state index is 0. The normalized spacial score (nSPS) is 14.9. The summed E-state index contributed by atoms with van der Waals surface area (Å²) in [4.78, 5) is 16.6. The molecule has 1 saturated heterocycles. The number of nitrogens with two attached hydrogens (primary N) is 1. The van der Waals surface area contributed by atoms with Gasteiger partial charge in [0.2, 0.25) is 10.0 Å². The number of pyridine rings is 1. The van der Waals surface area contributed by atoms with E-state index in [1.54, 1.807) is 24.3 Å². The highest BCUT2D eigenvalue weighted by molar-refractivity contribution is 7.89. The summed E-state index contributed by atoms with van der Waals surface area (Å²) in [6, 6.07) is 7.94. The van der Waals surface area contributed by atoms with Gasteiger partial charge in [0.1, 0.15) is 5.82 Å². The van der Waals surface area contributed by atoms with Gasteiger partial charge in [-0.15, -0.1) is 12.4 Å². The average Bonchev–Trinajstić information content (AvgIpc) is 2.69. The van der Waals surface area contributed by atoms with Crippen LogP contribution in [0.2, 0.25) is 0 Å². The first-order chi connectivity index (χ1) is 12.9. The zero-order valence-electron chi connectivity index (χ0n) is 15.4. The number of ether oxygens (including phenoxy) is 1. The molecule has 1 aliphatic heterocycles. The quantitative estimate of drug-likeness (QED) is 0.754. The van der Waals surface area contributed by atoms with E-state index in [-0.39, 0.29) is 22.9 Å². The summed E-state index contributed by atoms with van der Waals surface area (Å²) >= 11 is 0. The number of hydrogen-bond donors (Lipinski definition) is 2. The number of rotatable bonds is 5. The van der Waals surface area contributed by atoms with Gasteiger partial charge in [-0.1, -0.05) is 13.0 Å². The molecule has 152 valence electrons. The molecule has 10 heteroatoms. The highest BCUT2D eigenvalue weighted by Gasteiger charge is 2.29. The van der Waals surface area contributed by atoms with Crippen LogP contribution in [0.5, 0.6) is 0 Å². The summed E-state index contributed by atoms with van der Waals surface area (Å²) in [5, 5.41) is 2.70. The maximum absolute atomic E-state index is 13.1. The van der Waals surface area contributed by atoms with Crippen LogP contribution in [-0.4, -0.2) is 49.9 Å². The summed E-state index contributed by atoms with van der Waals surface area (Å²) in [5.74, 6) is -0.0677. The van der Waals surface area contributed by atoms with Crippen molar-refractivity contribution in [2.24, 2.45) is 0 Å². The lowest BCUT2D eigenvalue weighted by Crippen LogP contribution is -2.41. The number of aromatic nitrogens is 1. The van der Waals surface area contributed by atoms with Gasteiger partial charge in [-0.05, 0) is 36.2 Å². The van der Waals surface area contributed by atoms with E-state index >= 15 is 0 Å². The third-order valence-electron chi connectivity index (χ3n) is 4.34. The molecule has 1 aromatic heterocycles. The van der Waals surface area contributed by atoms with Crippen molar-refractivity contribution in [1.82, 2.24) is 9.29 Å². The van der Waals surface area contributed by atoms with Gasteiger partial charge in [0.25, 0.3) is 5.91 Å². The Labute approximate surface area is 170 Å². The monoisotopic (exact) mass is 426 g/mol. The Balaban J connectivity index is 0.00000280. The van der Waals surface area contributed by atoms with E-state index in [2.05, 4.69) is 10.3 Å². The van der Waals surface area contributed by atoms with Crippen molar-refractivity contribution in [3.63, 3.8) is 0 Å². The summed E-state index contributed by atoms with van der Waals surface area (Å²) in [6.45, 7) is 3.22. The van der Waals surface area contributed by atoms with Crippen molar-refractivity contribution in [2.75, 3.05) is 37.4 Å². The van der Waals surface area contributed by atoms with E-state index in [1.165, 1.54) is 16.6 Å². The molecule has 1 amide bonds. The van der Waals surface area contributed by atoms with E-state index in [9.17, 15) is 13.2 Å². The second-order valence-corrected chi connectivity index (χ2v) is 8.02. The Bertz CT molecular complexity index is 929. The van der Waals surface area contributed by atoms with Crippen LogP contribution in [0.1, 0.15) is 22.8 Å². The number of morpholine rings is 1. The molecule has 0 atom stereocenters. The van der Waals surface area contributed by atoms with Gasteiger partial charge in [0, 0.05) is 18.7 Å². The zero-order valence-corrected chi connectivity index (χ0v) is 17.1. The fourth-order valence-corrected chi connectivity index (χ4v) is 4.56. The molecule has 0 saturated carbocycles. The van der Waals surface area contributed by atoms with Crippen LogP contribution >= 0.6 is 12.4 Å². The number of amides is 1. The minimum Gasteiger partial charge on any atom is -0.384 e. The molecule has 0 bridgehead atoms. The van der Waals surface area contributed by atoms with E-state index in [0.717, 1.165) is 0 Å². The summed E-state index contributed by atoms with van der Waals surface area (Å²) in [6.07, 6.45) is 1.99. The van der Waals surface area contributed by atoms with Crippen LogP contribution in [0, 0.1) is 0 Å². The number of halogens is 1. The third-order valence-corrected chi connectivity index (χ3v) is 6.32. The molecule has 2 heterocycles. The van der Waals surface area contributed by atoms with Gasteiger partial charge in [0.15, 0.2) is 0 Å². The number of hydrogen-bond acceptors (Lipinski definition) is 6. The molecule has 0 radical (unpaired) electrons. The minimum atomic E-state index is -3.69. The zero-order chi connectivity index (χ0) is 19.4. The summed E-state index contributed by atoms with van der Waals surface area (Å²) in [7, 11) is -3.69. The van der Waals surface area contributed by atoms with Crippen LogP contribution in [-0.2, 0) is 21.2 Å². The topological polar surface area (TPSA) is 115 Å². The molecule has 2 aromatic rings. The number of sulfonamides is 1. The molecular formula is C18H23ClN4O4S. The molecule has 3 N–H and O–H groups in total. The fraction of sp³-hybridized carbons (Fsp3) is 0.333. The van der Waals surface area contributed by atoms with Crippen molar-refractivity contribution in [3.8, 4) is 0 Å². The molecular weight excluding hydrogens is 404 g/mol.